The molecule has 0 heterocycles. The van der Waals surface area contributed by atoms with Gasteiger partial charge in [0.15, 0.2) is 0 Å². The number of alkyl halides is 2. The quantitative estimate of drug-likeness (QED) is 0.223. The highest BCUT2D eigenvalue weighted by Gasteiger charge is 2.33. The van der Waals surface area contributed by atoms with Crippen LogP contribution in [0.3, 0.4) is 0 Å². The van der Waals surface area contributed by atoms with Crippen LogP contribution in [0.4, 0.5) is 8.78 Å². The van der Waals surface area contributed by atoms with Gasteiger partial charge in [-0.3, -0.25) is 0 Å². The van der Waals surface area contributed by atoms with Gasteiger partial charge in [0.2, 0.25) is 0 Å². The van der Waals surface area contributed by atoms with Crippen LogP contribution in [0.1, 0.15) is 74.6 Å². The monoisotopic (exact) mass is 403 g/mol. The number of aryl methyl sites for hydroxylation is 1. The van der Waals surface area contributed by atoms with Crippen LogP contribution in [-0.4, -0.2) is 11.5 Å². The minimum atomic E-state index is -2.99. The molecule has 2 aromatic rings. The zero-order valence-electron chi connectivity index (χ0n) is 17.3. The van der Waals surface area contributed by atoms with Crippen LogP contribution >= 0.6 is 11.9 Å². The molecule has 0 aliphatic heterocycles. The third-order valence-electron chi connectivity index (χ3n) is 4.94. The number of rotatable bonds is 10. The first-order valence-electron chi connectivity index (χ1n) is 10.1. The van der Waals surface area contributed by atoms with Gasteiger partial charge in [0.05, 0.1) is 0 Å². The van der Waals surface area contributed by atoms with Crippen molar-refractivity contribution >= 4 is 17.7 Å². The molecule has 28 heavy (non-hydrogen) atoms. The van der Waals surface area contributed by atoms with Crippen molar-refractivity contribution in [2.45, 2.75) is 65.2 Å². The summed E-state index contributed by atoms with van der Waals surface area (Å²) in [5, 5.41) is 0. The molecule has 2 aromatic carbocycles. The Kier molecular flexibility index (Phi) is 8.68. The van der Waals surface area contributed by atoms with E-state index >= 15 is 0 Å². The van der Waals surface area contributed by atoms with E-state index < -0.39 is 5.92 Å². The first kappa shape index (κ1) is 22.6. The van der Waals surface area contributed by atoms with E-state index in [1.54, 1.807) is 36.2 Å². The SMILES string of the molecule is CCCCC(/C(C)=N/SCCC)c1ccc(C(F)(F)c2ccc(C)cc2)cc1. The fraction of sp³-hybridized carbons (Fsp3) is 0.458. The average Bonchev–Trinajstić information content (AvgIpc) is 2.69. The lowest BCUT2D eigenvalue weighted by Crippen LogP contribution is -2.16. The third kappa shape index (κ3) is 5.91. The Hall–Kier alpha value is -1.68. The van der Waals surface area contributed by atoms with Crippen molar-refractivity contribution in [2.24, 2.45) is 4.40 Å². The molecule has 4 heteroatoms. The fourth-order valence-electron chi connectivity index (χ4n) is 3.18. The van der Waals surface area contributed by atoms with E-state index in [9.17, 15) is 8.78 Å². The van der Waals surface area contributed by atoms with Crippen LogP contribution in [0.5, 0.6) is 0 Å². The van der Waals surface area contributed by atoms with Crippen molar-refractivity contribution < 1.29 is 8.78 Å². The van der Waals surface area contributed by atoms with Crippen molar-refractivity contribution in [3.8, 4) is 0 Å². The molecular formula is C24H31F2NS. The molecule has 1 nitrogen and oxygen atoms in total. The molecule has 1 unspecified atom stereocenters. The Balaban J connectivity index is 2.25. The number of nitrogens with zero attached hydrogens (tertiary/aromatic N) is 1. The molecule has 0 fully saturated rings. The highest BCUT2D eigenvalue weighted by molar-refractivity contribution is 7.98. The summed E-state index contributed by atoms with van der Waals surface area (Å²) in [6, 6.07) is 13.3. The maximum absolute atomic E-state index is 14.9. The number of unbranched alkanes of at least 4 members (excludes halogenated alkanes) is 1. The molecule has 0 saturated carbocycles. The summed E-state index contributed by atoms with van der Waals surface area (Å²) >= 11 is 1.59. The molecular weight excluding hydrogens is 372 g/mol. The van der Waals surface area contributed by atoms with Crippen LogP contribution in [0.15, 0.2) is 52.9 Å². The Morgan fingerprint density at radius 3 is 2.07 bits per heavy atom. The summed E-state index contributed by atoms with van der Waals surface area (Å²) in [6.45, 7) is 8.26. The minimum Gasteiger partial charge on any atom is -0.225 e. The van der Waals surface area contributed by atoms with Gasteiger partial charge >= 0.3 is 0 Å². The van der Waals surface area contributed by atoms with Gasteiger partial charge in [0.25, 0.3) is 5.92 Å². The molecule has 0 bridgehead atoms. The lowest BCUT2D eigenvalue weighted by Gasteiger charge is -2.20. The fourth-order valence-corrected chi connectivity index (χ4v) is 3.79. The molecule has 0 amide bonds. The van der Waals surface area contributed by atoms with Crippen molar-refractivity contribution in [3.05, 3.63) is 70.8 Å². The second-order valence-corrected chi connectivity index (χ2v) is 8.17. The van der Waals surface area contributed by atoms with Crippen LogP contribution in [0.2, 0.25) is 0 Å². The molecule has 0 radical (unpaired) electrons. The summed E-state index contributed by atoms with van der Waals surface area (Å²) in [7, 11) is 0. The lowest BCUT2D eigenvalue weighted by molar-refractivity contribution is 0.0428. The second kappa shape index (κ2) is 10.8. The molecule has 152 valence electrons. The molecule has 0 saturated heterocycles. The maximum atomic E-state index is 14.9. The zero-order valence-corrected chi connectivity index (χ0v) is 18.2. The van der Waals surface area contributed by atoms with Gasteiger partial charge in [-0.2, -0.15) is 8.78 Å². The van der Waals surface area contributed by atoms with E-state index in [2.05, 4.69) is 25.2 Å². The third-order valence-corrected chi connectivity index (χ3v) is 5.95. The Labute approximate surface area is 172 Å². The van der Waals surface area contributed by atoms with Crippen molar-refractivity contribution in [2.75, 3.05) is 5.75 Å². The molecule has 0 aromatic heterocycles. The number of halogens is 2. The molecule has 0 aliphatic carbocycles. The Bertz CT molecular complexity index is 751. The van der Waals surface area contributed by atoms with Gasteiger partial charge in [0.1, 0.15) is 0 Å². The van der Waals surface area contributed by atoms with Gasteiger partial charge in [-0.05, 0) is 44.2 Å². The molecule has 2 rings (SSSR count). The summed E-state index contributed by atoms with van der Waals surface area (Å²) in [5.74, 6) is -1.81. The van der Waals surface area contributed by atoms with E-state index in [0.29, 0.717) is 0 Å². The van der Waals surface area contributed by atoms with Gasteiger partial charge < -0.3 is 0 Å². The average molecular weight is 404 g/mol. The van der Waals surface area contributed by atoms with Crippen molar-refractivity contribution in [1.82, 2.24) is 0 Å². The highest BCUT2D eigenvalue weighted by Crippen LogP contribution is 2.36. The number of hydrogen-bond donors (Lipinski definition) is 0. The van der Waals surface area contributed by atoms with Crippen LogP contribution in [-0.2, 0) is 5.92 Å². The Morgan fingerprint density at radius 2 is 1.54 bits per heavy atom. The van der Waals surface area contributed by atoms with E-state index in [1.807, 2.05) is 19.1 Å². The van der Waals surface area contributed by atoms with E-state index in [4.69, 9.17) is 0 Å². The summed E-state index contributed by atoms with van der Waals surface area (Å²) in [6.07, 6.45) is 4.28. The molecule has 0 spiro atoms. The van der Waals surface area contributed by atoms with Crippen LogP contribution < -0.4 is 0 Å². The summed E-state index contributed by atoms with van der Waals surface area (Å²) < 4.78 is 34.4. The summed E-state index contributed by atoms with van der Waals surface area (Å²) in [5.41, 5.74) is 3.18. The topological polar surface area (TPSA) is 12.4 Å². The minimum absolute atomic E-state index is 0.0297. The maximum Gasteiger partial charge on any atom is 0.298 e. The van der Waals surface area contributed by atoms with Crippen LogP contribution in [0.25, 0.3) is 0 Å². The van der Waals surface area contributed by atoms with E-state index in [0.717, 1.165) is 48.3 Å². The number of hydrogen-bond acceptors (Lipinski definition) is 2. The zero-order chi connectivity index (χ0) is 20.6. The van der Waals surface area contributed by atoms with Gasteiger partial charge in [-0.15, -0.1) is 0 Å². The first-order valence-corrected chi connectivity index (χ1v) is 11.1. The van der Waals surface area contributed by atoms with Crippen LogP contribution in [0, 0.1) is 6.92 Å². The second-order valence-electron chi connectivity index (χ2n) is 7.32. The number of benzene rings is 2. The molecule has 0 aliphatic rings. The highest BCUT2D eigenvalue weighted by atomic mass is 32.2. The predicted octanol–water partition coefficient (Wildman–Crippen LogP) is 7.93. The van der Waals surface area contributed by atoms with Crippen molar-refractivity contribution in [3.63, 3.8) is 0 Å². The van der Waals surface area contributed by atoms with Gasteiger partial charge in [0, 0.05) is 28.5 Å². The Morgan fingerprint density at radius 1 is 0.964 bits per heavy atom. The molecule has 1 atom stereocenters. The van der Waals surface area contributed by atoms with Crippen molar-refractivity contribution in [1.29, 1.82) is 0 Å². The van der Waals surface area contributed by atoms with E-state index in [-0.39, 0.29) is 17.0 Å². The van der Waals surface area contributed by atoms with Gasteiger partial charge in [-0.1, -0.05) is 80.8 Å². The largest absolute Gasteiger partial charge is 0.298 e. The van der Waals surface area contributed by atoms with E-state index in [1.165, 1.54) is 12.1 Å². The standard InChI is InChI=1S/C24H31F2NS/c1-5-7-8-23(19(4)27-28-17-6-2)20-11-15-22(16-12-20)24(25,26)21-13-9-18(3)10-14-21/h9-16,23H,5-8,17H2,1-4H3/b27-19+. The summed E-state index contributed by atoms with van der Waals surface area (Å²) in [4.78, 5) is 0. The predicted molar refractivity (Wildman–Crippen MR) is 119 cm³/mol. The normalized spacial score (nSPS) is 13.6. The molecule has 0 N–H and O–H groups in total. The van der Waals surface area contributed by atoms with Gasteiger partial charge in [-0.25, -0.2) is 4.40 Å². The smallest absolute Gasteiger partial charge is 0.225 e. The first-order chi connectivity index (χ1) is 13.4. The lowest BCUT2D eigenvalue weighted by atomic mass is 9.88.